The summed E-state index contributed by atoms with van der Waals surface area (Å²) in [4.78, 5) is 4.17. The van der Waals surface area contributed by atoms with E-state index in [4.69, 9.17) is 5.11 Å². The fourth-order valence-corrected chi connectivity index (χ4v) is 1.51. The van der Waals surface area contributed by atoms with Gasteiger partial charge in [-0.05, 0) is 17.7 Å². The van der Waals surface area contributed by atoms with Gasteiger partial charge in [0.25, 0.3) is 0 Å². The van der Waals surface area contributed by atoms with Crippen molar-refractivity contribution in [1.82, 2.24) is 4.98 Å². The Hall–Kier alpha value is -1.45. The number of para-hydroxylation sites is 1. The van der Waals surface area contributed by atoms with Gasteiger partial charge in [0.2, 0.25) is 0 Å². The number of hydrogen-bond donors (Lipinski definition) is 2. The van der Waals surface area contributed by atoms with Gasteiger partial charge in [0, 0.05) is 11.6 Å². The molecule has 0 spiro atoms. The summed E-state index contributed by atoms with van der Waals surface area (Å²) in [6.45, 7) is -0.270. The Morgan fingerprint density at radius 2 is 2.00 bits per heavy atom. The second kappa shape index (κ2) is 3.74. The molecule has 0 aliphatic rings. The SMILES string of the molecule is OCC(O)c1ccnc2ccccc12. The summed E-state index contributed by atoms with van der Waals surface area (Å²) in [5.74, 6) is 0. The van der Waals surface area contributed by atoms with E-state index in [0.717, 1.165) is 16.5 Å². The van der Waals surface area contributed by atoms with E-state index in [1.54, 1.807) is 12.3 Å². The molecule has 2 N–H and O–H groups in total. The van der Waals surface area contributed by atoms with Crippen LogP contribution in [0.1, 0.15) is 11.7 Å². The molecule has 2 aromatic rings. The summed E-state index contributed by atoms with van der Waals surface area (Å²) >= 11 is 0. The fourth-order valence-electron chi connectivity index (χ4n) is 1.51. The van der Waals surface area contributed by atoms with Gasteiger partial charge >= 0.3 is 0 Å². The molecule has 72 valence electrons. The Balaban J connectivity index is 2.65. The van der Waals surface area contributed by atoms with E-state index in [0.29, 0.717) is 0 Å². The third-order valence-electron chi connectivity index (χ3n) is 2.21. The van der Waals surface area contributed by atoms with E-state index in [-0.39, 0.29) is 6.61 Å². The molecule has 0 radical (unpaired) electrons. The maximum Gasteiger partial charge on any atom is 0.103 e. The second-order valence-electron chi connectivity index (χ2n) is 3.12. The summed E-state index contributed by atoms with van der Waals surface area (Å²) in [6, 6.07) is 9.27. The maximum absolute atomic E-state index is 9.55. The van der Waals surface area contributed by atoms with Gasteiger partial charge in [0.05, 0.1) is 12.1 Å². The predicted molar refractivity (Wildman–Crippen MR) is 53.8 cm³/mol. The minimum atomic E-state index is -0.831. The lowest BCUT2D eigenvalue weighted by molar-refractivity contribution is 0.0967. The number of aromatic nitrogens is 1. The lowest BCUT2D eigenvalue weighted by atomic mass is 10.1. The Bertz CT molecular complexity index is 437. The van der Waals surface area contributed by atoms with Crippen LogP contribution in [0.3, 0.4) is 0 Å². The first-order chi connectivity index (χ1) is 6.83. The number of hydrogen-bond acceptors (Lipinski definition) is 3. The lowest BCUT2D eigenvalue weighted by Crippen LogP contribution is -2.03. The molecule has 0 aliphatic heterocycles. The zero-order valence-corrected chi connectivity index (χ0v) is 7.59. The molecule has 0 bridgehead atoms. The molecular weight excluding hydrogens is 178 g/mol. The normalized spacial score (nSPS) is 13.0. The van der Waals surface area contributed by atoms with E-state index in [9.17, 15) is 5.11 Å². The average molecular weight is 189 g/mol. The van der Waals surface area contributed by atoms with Crippen LogP contribution in [0.4, 0.5) is 0 Å². The summed E-state index contributed by atoms with van der Waals surface area (Å²) in [5.41, 5.74) is 1.55. The maximum atomic E-state index is 9.55. The number of aliphatic hydroxyl groups excluding tert-OH is 2. The molecule has 0 aliphatic carbocycles. The Morgan fingerprint density at radius 1 is 1.21 bits per heavy atom. The van der Waals surface area contributed by atoms with Gasteiger partial charge in [-0.1, -0.05) is 18.2 Å². The van der Waals surface area contributed by atoms with Crippen LogP contribution in [0.25, 0.3) is 10.9 Å². The molecule has 3 heteroatoms. The summed E-state index contributed by atoms with van der Waals surface area (Å²) in [7, 11) is 0. The molecule has 0 fully saturated rings. The molecule has 0 amide bonds. The zero-order valence-electron chi connectivity index (χ0n) is 7.59. The number of rotatable bonds is 2. The summed E-state index contributed by atoms with van der Waals surface area (Å²) in [6.07, 6.45) is 0.805. The molecule has 1 unspecified atom stereocenters. The molecule has 0 saturated heterocycles. The van der Waals surface area contributed by atoms with Crippen LogP contribution in [0.15, 0.2) is 36.5 Å². The van der Waals surface area contributed by atoms with Crippen molar-refractivity contribution in [2.75, 3.05) is 6.61 Å². The molecule has 1 aromatic heterocycles. The Morgan fingerprint density at radius 3 is 2.79 bits per heavy atom. The van der Waals surface area contributed by atoms with Crippen LogP contribution >= 0.6 is 0 Å². The molecule has 1 atom stereocenters. The van der Waals surface area contributed by atoms with Gasteiger partial charge in [-0.2, -0.15) is 0 Å². The van der Waals surface area contributed by atoms with Crippen molar-refractivity contribution in [1.29, 1.82) is 0 Å². The quantitative estimate of drug-likeness (QED) is 0.747. The topological polar surface area (TPSA) is 53.4 Å². The molecule has 14 heavy (non-hydrogen) atoms. The van der Waals surface area contributed by atoms with Crippen LogP contribution < -0.4 is 0 Å². The molecular formula is C11H11NO2. The van der Waals surface area contributed by atoms with Crippen LogP contribution in [0.5, 0.6) is 0 Å². The minimum absolute atomic E-state index is 0.270. The highest BCUT2D eigenvalue weighted by molar-refractivity contribution is 5.82. The van der Waals surface area contributed by atoms with Crippen LogP contribution in [0, 0.1) is 0 Å². The first-order valence-electron chi connectivity index (χ1n) is 4.45. The third kappa shape index (κ3) is 1.47. The largest absolute Gasteiger partial charge is 0.393 e. The second-order valence-corrected chi connectivity index (χ2v) is 3.12. The zero-order chi connectivity index (χ0) is 9.97. The first kappa shape index (κ1) is 9.12. The van der Waals surface area contributed by atoms with Crippen molar-refractivity contribution < 1.29 is 10.2 Å². The van der Waals surface area contributed by atoms with Crippen molar-refractivity contribution in [3.05, 3.63) is 42.1 Å². The fraction of sp³-hybridized carbons (Fsp3) is 0.182. The molecule has 3 nitrogen and oxygen atoms in total. The highest BCUT2D eigenvalue weighted by Gasteiger charge is 2.09. The van der Waals surface area contributed by atoms with Crippen molar-refractivity contribution >= 4 is 10.9 Å². The molecule has 1 aromatic carbocycles. The molecule has 2 rings (SSSR count). The molecule has 0 saturated carbocycles. The number of nitrogens with zero attached hydrogens (tertiary/aromatic N) is 1. The Labute approximate surface area is 81.7 Å². The van der Waals surface area contributed by atoms with E-state index in [2.05, 4.69) is 4.98 Å². The van der Waals surface area contributed by atoms with Gasteiger partial charge in [-0.25, -0.2) is 0 Å². The van der Waals surface area contributed by atoms with Gasteiger partial charge in [-0.3, -0.25) is 4.98 Å². The van der Waals surface area contributed by atoms with Gasteiger partial charge < -0.3 is 10.2 Å². The number of aliphatic hydroxyl groups is 2. The summed E-state index contributed by atoms with van der Waals surface area (Å²) < 4.78 is 0. The van der Waals surface area contributed by atoms with Crippen molar-refractivity contribution in [3.8, 4) is 0 Å². The average Bonchev–Trinajstić information content (AvgIpc) is 2.27. The van der Waals surface area contributed by atoms with Crippen molar-refractivity contribution in [2.45, 2.75) is 6.10 Å². The predicted octanol–water partition coefficient (Wildman–Crippen LogP) is 1.26. The minimum Gasteiger partial charge on any atom is -0.393 e. The van der Waals surface area contributed by atoms with Gasteiger partial charge in [0.15, 0.2) is 0 Å². The highest BCUT2D eigenvalue weighted by atomic mass is 16.3. The van der Waals surface area contributed by atoms with Crippen LogP contribution in [-0.2, 0) is 0 Å². The van der Waals surface area contributed by atoms with Crippen LogP contribution in [-0.4, -0.2) is 21.8 Å². The summed E-state index contributed by atoms with van der Waals surface area (Å²) in [5, 5.41) is 19.3. The van der Waals surface area contributed by atoms with Gasteiger partial charge in [0.1, 0.15) is 6.10 Å². The molecule has 1 heterocycles. The standard InChI is InChI=1S/C11H11NO2/c13-7-11(14)9-5-6-12-10-4-2-1-3-8(9)10/h1-6,11,13-14H,7H2. The number of benzene rings is 1. The van der Waals surface area contributed by atoms with E-state index < -0.39 is 6.10 Å². The van der Waals surface area contributed by atoms with Crippen molar-refractivity contribution in [3.63, 3.8) is 0 Å². The lowest BCUT2D eigenvalue weighted by Gasteiger charge is -2.09. The Kier molecular flexibility index (Phi) is 2.43. The third-order valence-corrected chi connectivity index (χ3v) is 2.21. The smallest absolute Gasteiger partial charge is 0.103 e. The highest BCUT2D eigenvalue weighted by Crippen LogP contribution is 2.21. The number of pyridine rings is 1. The van der Waals surface area contributed by atoms with E-state index >= 15 is 0 Å². The first-order valence-corrected chi connectivity index (χ1v) is 4.45. The van der Waals surface area contributed by atoms with E-state index in [1.807, 2.05) is 24.3 Å². The van der Waals surface area contributed by atoms with E-state index in [1.165, 1.54) is 0 Å². The monoisotopic (exact) mass is 189 g/mol. The van der Waals surface area contributed by atoms with Crippen LogP contribution in [0.2, 0.25) is 0 Å². The number of fused-ring (bicyclic) bond motifs is 1. The van der Waals surface area contributed by atoms with Gasteiger partial charge in [-0.15, -0.1) is 0 Å². The van der Waals surface area contributed by atoms with Crippen molar-refractivity contribution in [2.24, 2.45) is 0 Å².